The van der Waals surface area contributed by atoms with Gasteiger partial charge in [-0.15, -0.1) is 0 Å². The minimum atomic E-state index is -0.524. The maximum absolute atomic E-state index is 12.5. The monoisotopic (exact) mass is 416 g/mol. The third kappa shape index (κ3) is 6.18. The Balaban J connectivity index is 1.87. The average molecular weight is 417 g/mol. The van der Waals surface area contributed by atoms with Gasteiger partial charge in [-0.25, -0.2) is 4.79 Å². The van der Waals surface area contributed by atoms with E-state index < -0.39 is 5.60 Å². The standard InChI is InChI=1S/C19H26Cl2N2O4/c1-19(2,3)27-18(25)23-7-5-12(6-8-23)17(24)22-11-13-9-14(20)15(21)10-16(13)26-4/h9-10,12H,5-8,11H2,1-4H3,(H,22,24). The molecule has 0 atom stereocenters. The first-order chi connectivity index (χ1) is 12.6. The predicted octanol–water partition coefficient (Wildman–Crippen LogP) is 4.27. The molecule has 2 amide bonds. The third-order valence-corrected chi connectivity index (χ3v) is 5.02. The van der Waals surface area contributed by atoms with Crippen molar-refractivity contribution in [3.63, 3.8) is 0 Å². The summed E-state index contributed by atoms with van der Waals surface area (Å²) >= 11 is 12.0. The average Bonchev–Trinajstić information content (AvgIpc) is 2.60. The van der Waals surface area contributed by atoms with E-state index in [1.165, 1.54) is 7.11 Å². The van der Waals surface area contributed by atoms with E-state index in [9.17, 15) is 9.59 Å². The van der Waals surface area contributed by atoms with E-state index in [0.717, 1.165) is 5.56 Å². The van der Waals surface area contributed by atoms with Crippen molar-refractivity contribution in [1.29, 1.82) is 0 Å². The molecule has 8 heteroatoms. The Hall–Kier alpha value is -1.66. The van der Waals surface area contributed by atoms with Gasteiger partial charge in [-0.1, -0.05) is 23.2 Å². The van der Waals surface area contributed by atoms with Gasteiger partial charge in [-0.3, -0.25) is 4.79 Å². The van der Waals surface area contributed by atoms with Gasteiger partial charge in [0.2, 0.25) is 5.91 Å². The molecule has 0 unspecified atom stereocenters. The molecule has 1 aromatic rings. The number of ether oxygens (including phenoxy) is 2. The number of rotatable bonds is 4. The van der Waals surface area contributed by atoms with Crippen molar-refractivity contribution in [2.75, 3.05) is 20.2 Å². The summed E-state index contributed by atoms with van der Waals surface area (Å²) in [5, 5.41) is 3.73. The zero-order valence-electron chi connectivity index (χ0n) is 16.1. The number of carbonyl (C=O) groups excluding carboxylic acids is 2. The lowest BCUT2D eigenvalue weighted by molar-refractivity contribution is -0.126. The molecule has 0 aromatic heterocycles. The molecule has 0 radical (unpaired) electrons. The second-order valence-corrected chi connectivity index (χ2v) is 8.35. The molecule has 27 heavy (non-hydrogen) atoms. The van der Waals surface area contributed by atoms with Crippen molar-refractivity contribution in [3.05, 3.63) is 27.7 Å². The van der Waals surface area contributed by atoms with Crippen molar-refractivity contribution in [1.82, 2.24) is 10.2 Å². The molecular weight excluding hydrogens is 391 g/mol. The summed E-state index contributed by atoms with van der Waals surface area (Å²) in [6, 6.07) is 3.32. The SMILES string of the molecule is COc1cc(Cl)c(Cl)cc1CNC(=O)C1CCN(C(=O)OC(C)(C)C)CC1. The molecule has 150 valence electrons. The number of amides is 2. The van der Waals surface area contributed by atoms with Crippen LogP contribution in [0.15, 0.2) is 12.1 Å². The maximum atomic E-state index is 12.5. The summed E-state index contributed by atoms with van der Waals surface area (Å²) in [6.07, 6.45) is 0.870. The summed E-state index contributed by atoms with van der Waals surface area (Å²) in [7, 11) is 1.54. The van der Waals surface area contributed by atoms with Crippen LogP contribution >= 0.6 is 23.2 Å². The van der Waals surface area contributed by atoms with E-state index in [1.54, 1.807) is 17.0 Å². The third-order valence-electron chi connectivity index (χ3n) is 4.29. The molecule has 0 spiro atoms. The Morgan fingerprint density at radius 3 is 2.33 bits per heavy atom. The number of halogens is 2. The van der Waals surface area contributed by atoms with Crippen molar-refractivity contribution in [3.8, 4) is 5.75 Å². The van der Waals surface area contributed by atoms with Crippen LogP contribution in [-0.4, -0.2) is 42.7 Å². The van der Waals surface area contributed by atoms with E-state index in [4.69, 9.17) is 32.7 Å². The molecule has 0 aliphatic carbocycles. The summed E-state index contributed by atoms with van der Waals surface area (Å²) in [5.74, 6) is 0.383. The van der Waals surface area contributed by atoms with Crippen LogP contribution in [-0.2, 0) is 16.1 Å². The number of carbonyl (C=O) groups is 2. The second-order valence-electron chi connectivity index (χ2n) is 7.54. The molecule has 1 heterocycles. The van der Waals surface area contributed by atoms with Gasteiger partial charge in [-0.05, 0) is 39.7 Å². The van der Waals surface area contributed by atoms with Gasteiger partial charge >= 0.3 is 6.09 Å². The number of methoxy groups -OCH3 is 1. The Labute approximate surface area is 170 Å². The highest BCUT2D eigenvalue weighted by Crippen LogP contribution is 2.30. The van der Waals surface area contributed by atoms with Gasteiger partial charge in [0.05, 0.1) is 17.2 Å². The minimum absolute atomic E-state index is 0.0491. The minimum Gasteiger partial charge on any atom is -0.496 e. The van der Waals surface area contributed by atoms with Crippen LogP contribution in [0.3, 0.4) is 0 Å². The summed E-state index contributed by atoms with van der Waals surface area (Å²) < 4.78 is 10.7. The normalized spacial score (nSPS) is 15.4. The van der Waals surface area contributed by atoms with E-state index in [2.05, 4.69) is 5.32 Å². The van der Waals surface area contributed by atoms with E-state index in [0.29, 0.717) is 48.3 Å². The quantitative estimate of drug-likeness (QED) is 0.795. The van der Waals surface area contributed by atoms with Crippen LogP contribution in [0.25, 0.3) is 0 Å². The number of nitrogens with one attached hydrogen (secondary N) is 1. The van der Waals surface area contributed by atoms with E-state index in [-0.39, 0.29) is 17.9 Å². The van der Waals surface area contributed by atoms with Gasteiger partial charge in [0.15, 0.2) is 0 Å². The highest BCUT2D eigenvalue weighted by molar-refractivity contribution is 6.42. The highest BCUT2D eigenvalue weighted by atomic mass is 35.5. The van der Waals surface area contributed by atoms with Gasteiger partial charge in [-0.2, -0.15) is 0 Å². The molecule has 2 rings (SSSR count). The predicted molar refractivity (Wildman–Crippen MR) is 105 cm³/mol. The maximum Gasteiger partial charge on any atom is 0.410 e. The molecule has 6 nitrogen and oxygen atoms in total. The number of likely N-dealkylation sites (tertiary alicyclic amines) is 1. The Morgan fingerprint density at radius 1 is 1.19 bits per heavy atom. The first-order valence-corrected chi connectivity index (χ1v) is 9.64. The first-order valence-electron chi connectivity index (χ1n) is 8.88. The molecule has 1 aliphatic heterocycles. The van der Waals surface area contributed by atoms with Crippen molar-refractivity contribution < 1.29 is 19.1 Å². The second kappa shape index (κ2) is 9.02. The number of nitrogens with zero attached hydrogens (tertiary/aromatic N) is 1. The Kier molecular flexibility index (Phi) is 7.23. The molecule has 0 saturated carbocycles. The number of hydrogen-bond donors (Lipinski definition) is 1. The lowest BCUT2D eigenvalue weighted by Crippen LogP contribution is -2.44. The zero-order chi connectivity index (χ0) is 20.2. The van der Waals surface area contributed by atoms with Gasteiger partial charge in [0, 0.05) is 37.2 Å². The number of piperidine rings is 1. The lowest BCUT2D eigenvalue weighted by atomic mass is 9.96. The van der Waals surface area contributed by atoms with Crippen molar-refractivity contribution in [2.24, 2.45) is 5.92 Å². The molecule has 1 fully saturated rings. The number of hydrogen-bond acceptors (Lipinski definition) is 4. The highest BCUT2D eigenvalue weighted by Gasteiger charge is 2.29. The van der Waals surface area contributed by atoms with Crippen molar-refractivity contribution in [2.45, 2.75) is 45.8 Å². The van der Waals surface area contributed by atoms with Crippen LogP contribution in [0.2, 0.25) is 10.0 Å². The smallest absolute Gasteiger partial charge is 0.410 e. The molecular formula is C19H26Cl2N2O4. The summed E-state index contributed by atoms with van der Waals surface area (Å²) in [5.41, 5.74) is 0.232. The summed E-state index contributed by atoms with van der Waals surface area (Å²) in [6.45, 7) is 6.81. The van der Waals surface area contributed by atoms with E-state index in [1.807, 2.05) is 20.8 Å². The van der Waals surface area contributed by atoms with E-state index >= 15 is 0 Å². The Bertz CT molecular complexity index is 696. The first kappa shape index (κ1) is 21.6. The van der Waals surface area contributed by atoms with Crippen molar-refractivity contribution >= 4 is 35.2 Å². The fraction of sp³-hybridized carbons (Fsp3) is 0.579. The van der Waals surface area contributed by atoms with Crippen LogP contribution < -0.4 is 10.1 Å². The molecule has 1 aliphatic rings. The number of benzene rings is 1. The zero-order valence-corrected chi connectivity index (χ0v) is 17.6. The summed E-state index contributed by atoms with van der Waals surface area (Å²) in [4.78, 5) is 26.2. The fourth-order valence-electron chi connectivity index (χ4n) is 2.88. The van der Waals surface area contributed by atoms with Crippen LogP contribution in [0.4, 0.5) is 4.79 Å². The Morgan fingerprint density at radius 2 is 1.78 bits per heavy atom. The van der Waals surface area contributed by atoms with Crippen LogP contribution in [0.1, 0.15) is 39.2 Å². The van der Waals surface area contributed by atoms with Gasteiger partial charge < -0.3 is 19.7 Å². The molecule has 1 saturated heterocycles. The van der Waals surface area contributed by atoms with Gasteiger partial charge in [0.1, 0.15) is 11.4 Å². The van der Waals surface area contributed by atoms with Crippen LogP contribution in [0.5, 0.6) is 5.75 Å². The van der Waals surface area contributed by atoms with Crippen LogP contribution in [0, 0.1) is 5.92 Å². The molecule has 1 aromatic carbocycles. The molecule has 1 N–H and O–H groups in total. The topological polar surface area (TPSA) is 67.9 Å². The fourth-order valence-corrected chi connectivity index (χ4v) is 3.22. The molecule has 0 bridgehead atoms. The lowest BCUT2D eigenvalue weighted by Gasteiger charge is -2.33. The largest absolute Gasteiger partial charge is 0.496 e. The van der Waals surface area contributed by atoms with Gasteiger partial charge in [0.25, 0.3) is 0 Å².